The van der Waals surface area contributed by atoms with Crippen molar-refractivity contribution in [1.29, 1.82) is 0 Å². The van der Waals surface area contributed by atoms with Crippen LogP contribution in [0.2, 0.25) is 0 Å². The Kier molecular flexibility index (Phi) is 3.38. The first-order chi connectivity index (χ1) is 10.0. The minimum Gasteiger partial charge on any atom is -0.392 e. The van der Waals surface area contributed by atoms with Crippen LogP contribution in [0.1, 0.15) is 17.7 Å². The maximum atomic E-state index is 11.7. The quantitative estimate of drug-likeness (QED) is 0.827. The topological polar surface area (TPSA) is 56.3 Å². The van der Waals surface area contributed by atoms with Crippen molar-refractivity contribution >= 4 is 0 Å². The number of rotatable bonds is 3. The Morgan fingerprint density at radius 2 is 2.29 bits per heavy atom. The Hall–Kier alpha value is -1.65. The van der Waals surface area contributed by atoms with Gasteiger partial charge in [-0.15, -0.1) is 6.58 Å². The molecule has 0 amide bonds. The van der Waals surface area contributed by atoms with Crippen molar-refractivity contribution in [2.75, 3.05) is 20.7 Å². The highest BCUT2D eigenvalue weighted by atomic mass is 16.3. The summed E-state index contributed by atoms with van der Waals surface area (Å²) in [6.45, 7) is 4.14. The monoisotopic (exact) mass is 286 g/mol. The number of hydrogen-bond donors (Lipinski definition) is 2. The van der Waals surface area contributed by atoms with E-state index in [1.165, 1.54) is 0 Å². The number of aromatic amines is 1. The van der Waals surface area contributed by atoms with E-state index in [1.807, 2.05) is 12.1 Å². The molecule has 0 aromatic carbocycles. The predicted octanol–water partition coefficient (Wildman–Crippen LogP) is 1.43. The van der Waals surface area contributed by atoms with Crippen LogP contribution in [0, 0.1) is 11.8 Å². The molecule has 0 saturated carbocycles. The van der Waals surface area contributed by atoms with E-state index in [4.69, 9.17) is 0 Å². The number of nitrogens with zero attached hydrogens (tertiary/aromatic N) is 1. The van der Waals surface area contributed by atoms with E-state index in [2.05, 4.69) is 36.6 Å². The molecule has 21 heavy (non-hydrogen) atoms. The molecule has 2 bridgehead atoms. The maximum Gasteiger partial charge on any atom is 0.248 e. The second-order valence-corrected chi connectivity index (χ2v) is 6.32. The molecule has 2 N–H and O–H groups in total. The highest BCUT2D eigenvalue weighted by Crippen LogP contribution is 2.52. The van der Waals surface area contributed by atoms with E-state index in [0.29, 0.717) is 0 Å². The molecule has 4 heteroatoms. The number of nitrogens with one attached hydrogen (secondary N) is 1. The van der Waals surface area contributed by atoms with Gasteiger partial charge in [-0.25, -0.2) is 0 Å². The van der Waals surface area contributed by atoms with Crippen molar-refractivity contribution in [3.8, 4) is 0 Å². The van der Waals surface area contributed by atoms with Gasteiger partial charge in [-0.1, -0.05) is 12.2 Å². The Labute approximate surface area is 124 Å². The Morgan fingerprint density at radius 3 is 2.90 bits per heavy atom. The second kappa shape index (κ2) is 4.97. The normalized spacial score (nSPS) is 30.8. The summed E-state index contributed by atoms with van der Waals surface area (Å²) in [5.41, 5.74) is 2.96. The lowest BCUT2D eigenvalue weighted by molar-refractivity contribution is 0.0498. The highest BCUT2D eigenvalue weighted by Gasteiger charge is 2.51. The summed E-state index contributed by atoms with van der Waals surface area (Å²) in [4.78, 5) is 16.9. The zero-order valence-electron chi connectivity index (χ0n) is 12.6. The van der Waals surface area contributed by atoms with Crippen molar-refractivity contribution in [3.05, 3.63) is 58.0 Å². The highest BCUT2D eigenvalue weighted by molar-refractivity contribution is 5.41. The smallest absolute Gasteiger partial charge is 0.248 e. The van der Waals surface area contributed by atoms with E-state index < -0.39 is 0 Å². The maximum absolute atomic E-state index is 11.7. The molecule has 0 fully saturated rings. The number of aliphatic hydroxyl groups is 1. The van der Waals surface area contributed by atoms with E-state index in [0.717, 1.165) is 29.7 Å². The third kappa shape index (κ3) is 1.93. The number of aliphatic hydroxyl groups excluding tert-OH is 1. The first-order valence-corrected chi connectivity index (χ1v) is 7.36. The first kappa shape index (κ1) is 14.3. The van der Waals surface area contributed by atoms with Gasteiger partial charge in [0.2, 0.25) is 5.56 Å². The molecule has 0 radical (unpaired) electrons. The molecule has 1 aromatic rings. The summed E-state index contributed by atoms with van der Waals surface area (Å²) in [6, 6.07) is 3.54. The summed E-state index contributed by atoms with van der Waals surface area (Å²) in [5, 5.41) is 9.62. The standard InChI is InChI=1S/C17H22N2O2/c1-4-13-12-7-11(10-20)9-17(13,19(2)3)14-5-6-16(21)18-15(14)8-12/h4-7,12-13,20H,1,8-10H2,2-3H3,(H,18,21). The molecule has 0 saturated heterocycles. The molecule has 4 nitrogen and oxygen atoms in total. The lowest BCUT2D eigenvalue weighted by atomic mass is 9.59. The molecule has 1 heterocycles. The van der Waals surface area contributed by atoms with Gasteiger partial charge < -0.3 is 10.1 Å². The van der Waals surface area contributed by atoms with Gasteiger partial charge in [0.1, 0.15) is 0 Å². The number of hydrogen-bond acceptors (Lipinski definition) is 3. The van der Waals surface area contributed by atoms with Gasteiger partial charge in [-0.3, -0.25) is 9.69 Å². The average molecular weight is 286 g/mol. The molecule has 3 atom stereocenters. The summed E-state index contributed by atoms with van der Waals surface area (Å²) < 4.78 is 0. The fourth-order valence-corrected chi connectivity index (χ4v) is 4.24. The van der Waals surface area contributed by atoms with Gasteiger partial charge in [0.15, 0.2) is 0 Å². The molecule has 0 spiro atoms. The molecule has 3 unspecified atom stereocenters. The summed E-state index contributed by atoms with van der Waals surface area (Å²) >= 11 is 0. The summed E-state index contributed by atoms with van der Waals surface area (Å²) in [6.07, 6.45) is 5.76. The third-order valence-corrected chi connectivity index (χ3v) is 5.12. The molecular formula is C17H22N2O2. The molecule has 2 aliphatic carbocycles. The zero-order chi connectivity index (χ0) is 15.2. The summed E-state index contributed by atoms with van der Waals surface area (Å²) in [5.74, 6) is 0.549. The van der Waals surface area contributed by atoms with Gasteiger partial charge in [0, 0.05) is 17.7 Å². The zero-order valence-corrected chi connectivity index (χ0v) is 12.6. The van der Waals surface area contributed by atoms with Crippen molar-refractivity contribution in [2.24, 2.45) is 11.8 Å². The second-order valence-electron chi connectivity index (χ2n) is 6.32. The lowest BCUT2D eigenvalue weighted by Gasteiger charge is -2.54. The number of H-pyrrole nitrogens is 1. The van der Waals surface area contributed by atoms with Gasteiger partial charge in [-0.2, -0.15) is 0 Å². The van der Waals surface area contributed by atoms with E-state index in [1.54, 1.807) is 6.07 Å². The Balaban J connectivity index is 2.28. The molecule has 2 aliphatic rings. The van der Waals surface area contributed by atoms with Crippen LogP contribution in [0.25, 0.3) is 0 Å². The van der Waals surface area contributed by atoms with Crippen molar-refractivity contribution in [2.45, 2.75) is 18.4 Å². The van der Waals surface area contributed by atoms with E-state index in [-0.39, 0.29) is 29.5 Å². The molecule has 3 rings (SSSR count). The van der Waals surface area contributed by atoms with Gasteiger partial charge in [-0.05, 0) is 50.1 Å². The number of fused-ring (bicyclic) bond motifs is 4. The van der Waals surface area contributed by atoms with Gasteiger partial charge >= 0.3 is 0 Å². The molecule has 1 aromatic heterocycles. The number of aromatic nitrogens is 1. The fraction of sp³-hybridized carbons (Fsp3) is 0.471. The lowest BCUT2D eigenvalue weighted by Crippen LogP contribution is -2.55. The first-order valence-electron chi connectivity index (χ1n) is 7.36. The van der Waals surface area contributed by atoms with Crippen LogP contribution in [0.5, 0.6) is 0 Å². The fourth-order valence-electron chi connectivity index (χ4n) is 4.24. The average Bonchev–Trinajstić information content (AvgIpc) is 2.45. The SMILES string of the molecule is C=CC1C2C=C(CO)CC1(N(C)C)c1ccc(=O)[nH]c1C2. The Morgan fingerprint density at radius 1 is 1.52 bits per heavy atom. The van der Waals surface area contributed by atoms with Crippen LogP contribution >= 0.6 is 0 Å². The molecular weight excluding hydrogens is 264 g/mol. The van der Waals surface area contributed by atoms with Gasteiger partial charge in [0.25, 0.3) is 0 Å². The van der Waals surface area contributed by atoms with Crippen molar-refractivity contribution in [1.82, 2.24) is 9.88 Å². The summed E-state index contributed by atoms with van der Waals surface area (Å²) in [7, 11) is 4.13. The van der Waals surface area contributed by atoms with Crippen molar-refractivity contribution in [3.63, 3.8) is 0 Å². The minimum absolute atomic E-state index is 0.0517. The van der Waals surface area contributed by atoms with Crippen LogP contribution in [-0.4, -0.2) is 35.7 Å². The largest absolute Gasteiger partial charge is 0.392 e. The van der Waals surface area contributed by atoms with Crippen molar-refractivity contribution < 1.29 is 5.11 Å². The van der Waals surface area contributed by atoms with Crippen LogP contribution in [-0.2, 0) is 12.0 Å². The Bertz CT molecular complexity index is 659. The van der Waals surface area contributed by atoms with Crippen LogP contribution < -0.4 is 5.56 Å². The number of allylic oxidation sites excluding steroid dienone is 1. The minimum atomic E-state index is -0.239. The van der Waals surface area contributed by atoms with Crippen LogP contribution in [0.3, 0.4) is 0 Å². The van der Waals surface area contributed by atoms with Crippen LogP contribution in [0.15, 0.2) is 41.2 Å². The van der Waals surface area contributed by atoms with Crippen LogP contribution in [0.4, 0.5) is 0 Å². The third-order valence-electron chi connectivity index (χ3n) is 5.12. The van der Waals surface area contributed by atoms with E-state index >= 15 is 0 Å². The predicted molar refractivity (Wildman–Crippen MR) is 83.1 cm³/mol. The molecule has 0 aliphatic heterocycles. The van der Waals surface area contributed by atoms with E-state index in [9.17, 15) is 9.90 Å². The number of pyridine rings is 1. The molecule has 112 valence electrons. The van der Waals surface area contributed by atoms with Gasteiger partial charge in [0.05, 0.1) is 12.1 Å².